The van der Waals surface area contributed by atoms with Crippen LogP contribution in [0.4, 0.5) is 5.69 Å². The van der Waals surface area contributed by atoms with Gasteiger partial charge in [0.1, 0.15) is 0 Å². The van der Waals surface area contributed by atoms with Crippen LogP contribution in [0.1, 0.15) is 12.0 Å². The fourth-order valence-corrected chi connectivity index (χ4v) is 4.21. The van der Waals surface area contributed by atoms with E-state index >= 15 is 0 Å². The maximum absolute atomic E-state index is 12.6. The molecule has 3 rings (SSSR count). The van der Waals surface area contributed by atoms with Crippen LogP contribution in [-0.2, 0) is 26.0 Å². The lowest BCUT2D eigenvalue weighted by molar-refractivity contribution is -0.128. The Morgan fingerprint density at radius 3 is 2.55 bits per heavy atom. The van der Waals surface area contributed by atoms with Gasteiger partial charge in [0.25, 0.3) is 0 Å². The van der Waals surface area contributed by atoms with Crippen molar-refractivity contribution in [2.75, 3.05) is 32.5 Å². The molecule has 7 nitrogen and oxygen atoms in total. The van der Waals surface area contributed by atoms with Crippen molar-refractivity contribution >= 4 is 27.5 Å². The molecular weight excluding hydrogens is 390 g/mol. The summed E-state index contributed by atoms with van der Waals surface area (Å²) in [6.45, 7) is 0.941. The molecule has 0 radical (unpaired) electrons. The summed E-state index contributed by atoms with van der Waals surface area (Å²) in [4.78, 5) is 26.7. The van der Waals surface area contributed by atoms with E-state index in [0.717, 1.165) is 16.3 Å². The standard InChI is InChI=1S/C21H25N3O4S/c1-23(2)29(27,28)19-10-6-9-18(14-19)22-21(26)17-13-20(25)24(15-17)12-11-16-7-4-3-5-8-16/h3-10,14,17H,11-13,15H2,1-2H3,(H,22,26)/t17-/m1/s1. The largest absolute Gasteiger partial charge is 0.342 e. The van der Waals surface area contributed by atoms with Gasteiger partial charge < -0.3 is 10.2 Å². The molecule has 154 valence electrons. The number of benzene rings is 2. The first-order valence-corrected chi connectivity index (χ1v) is 10.9. The Labute approximate surface area is 171 Å². The van der Waals surface area contributed by atoms with Crippen molar-refractivity contribution in [3.8, 4) is 0 Å². The molecule has 0 bridgehead atoms. The molecule has 0 aliphatic carbocycles. The zero-order valence-corrected chi connectivity index (χ0v) is 17.4. The molecule has 1 heterocycles. The number of likely N-dealkylation sites (tertiary alicyclic amines) is 1. The average molecular weight is 416 g/mol. The number of hydrogen-bond acceptors (Lipinski definition) is 4. The summed E-state index contributed by atoms with van der Waals surface area (Å²) in [5, 5.41) is 2.75. The number of carbonyl (C=O) groups excluding carboxylic acids is 2. The van der Waals surface area contributed by atoms with Crippen LogP contribution in [0.25, 0.3) is 0 Å². The van der Waals surface area contributed by atoms with Crippen molar-refractivity contribution in [3.05, 3.63) is 60.2 Å². The monoisotopic (exact) mass is 415 g/mol. The van der Waals surface area contributed by atoms with E-state index in [-0.39, 0.29) is 23.1 Å². The maximum Gasteiger partial charge on any atom is 0.242 e. The molecule has 29 heavy (non-hydrogen) atoms. The molecule has 1 atom stereocenters. The van der Waals surface area contributed by atoms with Crippen LogP contribution in [0.15, 0.2) is 59.5 Å². The summed E-state index contributed by atoms with van der Waals surface area (Å²) in [5.74, 6) is -0.766. The van der Waals surface area contributed by atoms with Gasteiger partial charge in [-0.1, -0.05) is 36.4 Å². The average Bonchev–Trinajstić information content (AvgIpc) is 3.08. The number of amides is 2. The molecule has 2 aromatic rings. The third kappa shape index (κ3) is 5.02. The van der Waals surface area contributed by atoms with Gasteiger partial charge in [-0.05, 0) is 30.2 Å². The zero-order valence-electron chi connectivity index (χ0n) is 16.5. The Hall–Kier alpha value is -2.71. The van der Waals surface area contributed by atoms with E-state index in [2.05, 4.69) is 5.32 Å². The van der Waals surface area contributed by atoms with Crippen LogP contribution < -0.4 is 5.32 Å². The Morgan fingerprint density at radius 2 is 1.86 bits per heavy atom. The zero-order chi connectivity index (χ0) is 21.0. The third-order valence-electron chi connectivity index (χ3n) is 4.98. The molecule has 0 aromatic heterocycles. The lowest BCUT2D eigenvalue weighted by Crippen LogP contribution is -2.30. The minimum absolute atomic E-state index is 0.0370. The number of sulfonamides is 1. The van der Waals surface area contributed by atoms with Gasteiger partial charge in [-0.2, -0.15) is 0 Å². The third-order valence-corrected chi connectivity index (χ3v) is 6.79. The normalized spacial score (nSPS) is 17.0. The van der Waals surface area contributed by atoms with Gasteiger partial charge in [0.2, 0.25) is 21.8 Å². The van der Waals surface area contributed by atoms with Crippen LogP contribution in [0.2, 0.25) is 0 Å². The smallest absolute Gasteiger partial charge is 0.242 e. The molecule has 2 aromatic carbocycles. The SMILES string of the molecule is CN(C)S(=O)(=O)c1cccc(NC(=O)[C@@H]2CC(=O)N(CCc3ccccc3)C2)c1. The minimum atomic E-state index is -3.59. The van der Waals surface area contributed by atoms with Crippen LogP contribution in [0.5, 0.6) is 0 Å². The quantitative estimate of drug-likeness (QED) is 0.749. The molecule has 1 fully saturated rings. The van der Waals surface area contributed by atoms with Gasteiger partial charge >= 0.3 is 0 Å². The van der Waals surface area contributed by atoms with Crippen molar-refractivity contribution in [1.29, 1.82) is 0 Å². The van der Waals surface area contributed by atoms with Crippen LogP contribution >= 0.6 is 0 Å². The number of nitrogens with zero attached hydrogens (tertiary/aromatic N) is 2. The molecular formula is C21H25N3O4S. The lowest BCUT2D eigenvalue weighted by atomic mass is 10.1. The van der Waals surface area contributed by atoms with Gasteiger partial charge in [-0.25, -0.2) is 12.7 Å². The van der Waals surface area contributed by atoms with Crippen molar-refractivity contribution < 1.29 is 18.0 Å². The van der Waals surface area contributed by atoms with Crippen molar-refractivity contribution in [3.63, 3.8) is 0 Å². The molecule has 2 amide bonds. The highest BCUT2D eigenvalue weighted by Gasteiger charge is 2.34. The van der Waals surface area contributed by atoms with E-state index in [1.807, 2.05) is 30.3 Å². The molecule has 0 spiro atoms. The summed E-state index contributed by atoms with van der Waals surface area (Å²) in [5.41, 5.74) is 1.54. The fraction of sp³-hybridized carbons (Fsp3) is 0.333. The Kier molecular flexibility index (Phi) is 6.34. The molecule has 1 aliphatic heterocycles. The predicted octanol–water partition coefficient (Wildman–Crippen LogP) is 1.97. The highest BCUT2D eigenvalue weighted by molar-refractivity contribution is 7.89. The van der Waals surface area contributed by atoms with Crippen molar-refractivity contribution in [2.24, 2.45) is 5.92 Å². The van der Waals surface area contributed by atoms with Gasteiger partial charge in [0.05, 0.1) is 10.8 Å². The molecule has 1 saturated heterocycles. The second-order valence-corrected chi connectivity index (χ2v) is 9.43. The number of hydrogen-bond donors (Lipinski definition) is 1. The van der Waals surface area contributed by atoms with E-state index in [1.54, 1.807) is 17.0 Å². The number of carbonyl (C=O) groups is 2. The highest BCUT2D eigenvalue weighted by atomic mass is 32.2. The van der Waals surface area contributed by atoms with Crippen molar-refractivity contribution in [1.82, 2.24) is 9.21 Å². The first kappa shape index (κ1) is 21.0. The van der Waals surface area contributed by atoms with E-state index in [9.17, 15) is 18.0 Å². The molecule has 1 N–H and O–H groups in total. The second kappa shape index (κ2) is 8.75. The Balaban J connectivity index is 1.61. The lowest BCUT2D eigenvalue weighted by Gasteiger charge is -2.17. The fourth-order valence-electron chi connectivity index (χ4n) is 3.26. The van der Waals surface area contributed by atoms with Gasteiger partial charge in [0, 0.05) is 39.3 Å². The molecule has 8 heteroatoms. The number of anilines is 1. The van der Waals surface area contributed by atoms with Crippen LogP contribution in [-0.4, -0.2) is 56.6 Å². The minimum Gasteiger partial charge on any atom is -0.342 e. The summed E-state index contributed by atoms with van der Waals surface area (Å²) in [6, 6.07) is 16.0. The molecule has 1 aliphatic rings. The summed E-state index contributed by atoms with van der Waals surface area (Å²) in [6.07, 6.45) is 0.904. The first-order chi connectivity index (χ1) is 13.8. The predicted molar refractivity (Wildman–Crippen MR) is 111 cm³/mol. The topological polar surface area (TPSA) is 86.8 Å². The van der Waals surface area contributed by atoms with Crippen LogP contribution in [0, 0.1) is 5.92 Å². The van der Waals surface area contributed by atoms with Crippen LogP contribution in [0.3, 0.4) is 0 Å². The summed E-state index contributed by atoms with van der Waals surface area (Å²) < 4.78 is 25.6. The number of rotatable bonds is 7. The first-order valence-electron chi connectivity index (χ1n) is 9.42. The van der Waals surface area contributed by atoms with E-state index in [0.29, 0.717) is 18.8 Å². The van der Waals surface area contributed by atoms with Crippen molar-refractivity contribution in [2.45, 2.75) is 17.7 Å². The number of nitrogens with one attached hydrogen (secondary N) is 1. The Bertz CT molecular complexity index is 990. The van der Waals surface area contributed by atoms with Gasteiger partial charge in [0.15, 0.2) is 0 Å². The molecule has 0 saturated carbocycles. The van der Waals surface area contributed by atoms with E-state index in [4.69, 9.17) is 0 Å². The van der Waals surface area contributed by atoms with Gasteiger partial charge in [-0.15, -0.1) is 0 Å². The Morgan fingerprint density at radius 1 is 1.14 bits per heavy atom. The summed E-state index contributed by atoms with van der Waals surface area (Å²) >= 11 is 0. The maximum atomic E-state index is 12.6. The summed E-state index contributed by atoms with van der Waals surface area (Å²) in [7, 11) is -0.680. The molecule has 0 unspecified atom stereocenters. The highest BCUT2D eigenvalue weighted by Crippen LogP contribution is 2.22. The van der Waals surface area contributed by atoms with E-state index in [1.165, 1.54) is 26.2 Å². The van der Waals surface area contributed by atoms with Gasteiger partial charge in [-0.3, -0.25) is 9.59 Å². The second-order valence-electron chi connectivity index (χ2n) is 7.28. The van der Waals surface area contributed by atoms with E-state index < -0.39 is 15.9 Å².